The minimum atomic E-state index is 0.119. The fourth-order valence-corrected chi connectivity index (χ4v) is 3.61. The average molecular weight is 392 g/mol. The number of nitrogens with one attached hydrogen (secondary N) is 2. The molecule has 0 aliphatic carbocycles. The molecule has 8 heteroatoms. The van der Waals surface area contributed by atoms with Gasteiger partial charge in [0.05, 0.1) is 20.9 Å². The quantitative estimate of drug-likeness (QED) is 0.409. The number of thiazole rings is 1. The largest absolute Gasteiger partial charge is 0.396 e. The van der Waals surface area contributed by atoms with Gasteiger partial charge in [0.1, 0.15) is 5.82 Å². The van der Waals surface area contributed by atoms with Crippen molar-refractivity contribution in [3.8, 4) is 11.3 Å². The highest BCUT2D eigenvalue weighted by atomic mass is 32.1. The summed E-state index contributed by atoms with van der Waals surface area (Å²) in [6.07, 6.45) is 4.13. The van der Waals surface area contributed by atoms with E-state index in [0.717, 1.165) is 32.2 Å². The van der Waals surface area contributed by atoms with Crippen molar-refractivity contribution in [1.29, 1.82) is 0 Å². The van der Waals surface area contributed by atoms with Crippen LogP contribution in [0.2, 0.25) is 0 Å². The first-order valence-corrected chi connectivity index (χ1v) is 9.81. The van der Waals surface area contributed by atoms with Crippen LogP contribution in [0.15, 0.2) is 48.8 Å². The Bertz CT molecular complexity index is 1080. The zero-order valence-corrected chi connectivity index (χ0v) is 16.2. The molecular formula is C20H20N6OS. The molecule has 28 heavy (non-hydrogen) atoms. The second kappa shape index (κ2) is 8.28. The van der Waals surface area contributed by atoms with E-state index in [1.165, 1.54) is 0 Å². The molecule has 0 radical (unpaired) electrons. The maximum atomic E-state index is 9.01. The first-order chi connectivity index (χ1) is 13.7. The number of aliphatic hydroxyl groups excluding tert-OH is 1. The van der Waals surface area contributed by atoms with Crippen LogP contribution in [-0.2, 0) is 0 Å². The minimum Gasteiger partial charge on any atom is -0.396 e. The van der Waals surface area contributed by atoms with E-state index in [2.05, 4.69) is 36.6 Å². The van der Waals surface area contributed by atoms with Crippen molar-refractivity contribution in [3.63, 3.8) is 0 Å². The number of rotatable bonds is 7. The predicted octanol–water partition coefficient (Wildman–Crippen LogP) is 3.99. The lowest BCUT2D eigenvalue weighted by atomic mass is 10.2. The first kappa shape index (κ1) is 18.3. The predicted molar refractivity (Wildman–Crippen MR) is 113 cm³/mol. The molecule has 3 aromatic heterocycles. The average Bonchev–Trinajstić information content (AvgIpc) is 3.08. The van der Waals surface area contributed by atoms with Crippen LogP contribution < -0.4 is 10.6 Å². The maximum absolute atomic E-state index is 9.01. The molecule has 0 saturated carbocycles. The Labute approximate surface area is 166 Å². The third-order valence-electron chi connectivity index (χ3n) is 4.07. The van der Waals surface area contributed by atoms with Gasteiger partial charge in [-0.05, 0) is 43.7 Å². The number of anilines is 3. The van der Waals surface area contributed by atoms with Crippen LogP contribution in [0.25, 0.3) is 21.5 Å². The summed E-state index contributed by atoms with van der Waals surface area (Å²) in [6, 6.07) is 11.8. The molecule has 0 bridgehead atoms. The second-order valence-electron chi connectivity index (χ2n) is 6.25. The molecule has 0 fully saturated rings. The zero-order valence-electron chi connectivity index (χ0n) is 15.4. The molecule has 1 aromatic carbocycles. The number of pyridine rings is 1. The molecule has 0 amide bonds. The second-order valence-corrected chi connectivity index (χ2v) is 7.48. The summed E-state index contributed by atoms with van der Waals surface area (Å²) in [6.45, 7) is 2.72. The van der Waals surface area contributed by atoms with Crippen molar-refractivity contribution in [2.45, 2.75) is 13.3 Å². The minimum absolute atomic E-state index is 0.119. The van der Waals surface area contributed by atoms with E-state index in [4.69, 9.17) is 5.11 Å². The summed E-state index contributed by atoms with van der Waals surface area (Å²) >= 11 is 1.68. The molecule has 3 heterocycles. The van der Waals surface area contributed by atoms with Gasteiger partial charge in [0.25, 0.3) is 0 Å². The van der Waals surface area contributed by atoms with Crippen molar-refractivity contribution in [2.75, 3.05) is 23.8 Å². The number of hydrogen-bond acceptors (Lipinski definition) is 8. The van der Waals surface area contributed by atoms with E-state index in [1.54, 1.807) is 23.7 Å². The summed E-state index contributed by atoms with van der Waals surface area (Å²) in [5.74, 6) is 1.18. The van der Waals surface area contributed by atoms with Crippen LogP contribution in [0, 0.1) is 6.92 Å². The number of fused-ring (bicyclic) bond motifs is 1. The number of hydrogen-bond donors (Lipinski definition) is 3. The molecular weight excluding hydrogens is 372 g/mol. The lowest BCUT2D eigenvalue weighted by Gasteiger charge is -2.11. The highest BCUT2D eigenvalue weighted by molar-refractivity contribution is 7.18. The fraction of sp³-hybridized carbons (Fsp3) is 0.200. The van der Waals surface area contributed by atoms with Crippen LogP contribution >= 0.6 is 11.3 Å². The van der Waals surface area contributed by atoms with Crippen LogP contribution in [0.1, 0.15) is 11.4 Å². The Morgan fingerprint density at radius 1 is 1.11 bits per heavy atom. The number of benzene rings is 1. The summed E-state index contributed by atoms with van der Waals surface area (Å²) in [7, 11) is 0. The van der Waals surface area contributed by atoms with Crippen LogP contribution in [0.5, 0.6) is 0 Å². The number of aryl methyl sites for hydroxylation is 1. The smallest absolute Gasteiger partial charge is 0.225 e. The van der Waals surface area contributed by atoms with Crippen molar-refractivity contribution in [1.82, 2.24) is 19.9 Å². The van der Waals surface area contributed by atoms with Gasteiger partial charge in [0.15, 0.2) is 0 Å². The summed E-state index contributed by atoms with van der Waals surface area (Å²) < 4.78 is 1.16. The van der Waals surface area contributed by atoms with Gasteiger partial charge in [0, 0.05) is 42.9 Å². The lowest BCUT2D eigenvalue weighted by molar-refractivity contribution is 0.292. The lowest BCUT2D eigenvalue weighted by Crippen LogP contribution is -2.08. The molecule has 0 saturated heterocycles. The molecule has 4 aromatic rings. The molecule has 142 valence electrons. The van der Waals surface area contributed by atoms with Crippen LogP contribution in [0.4, 0.5) is 17.5 Å². The monoisotopic (exact) mass is 392 g/mol. The standard InChI is InChI=1S/C20H20N6OS/c1-13-23-17-10-15(5-6-18(17)28-13)24-19-11-16(14-4-2-7-21-12-14)25-20(26-19)22-8-3-9-27/h2,4-7,10-12,27H,3,8-9H2,1H3,(H2,22,24,25,26). The van der Waals surface area contributed by atoms with E-state index in [1.807, 2.05) is 37.3 Å². The van der Waals surface area contributed by atoms with E-state index in [9.17, 15) is 0 Å². The topological polar surface area (TPSA) is 95.9 Å². The Hall–Kier alpha value is -3.10. The van der Waals surface area contributed by atoms with Gasteiger partial charge < -0.3 is 15.7 Å². The Kier molecular flexibility index (Phi) is 5.41. The van der Waals surface area contributed by atoms with Crippen molar-refractivity contribution in [2.24, 2.45) is 0 Å². The number of aromatic nitrogens is 4. The first-order valence-electron chi connectivity index (χ1n) is 9.00. The van der Waals surface area contributed by atoms with Gasteiger partial charge in [-0.2, -0.15) is 4.98 Å². The summed E-state index contributed by atoms with van der Waals surface area (Å²) in [5, 5.41) is 16.6. The highest BCUT2D eigenvalue weighted by Crippen LogP contribution is 2.27. The molecule has 0 aliphatic heterocycles. The molecule has 0 atom stereocenters. The van der Waals surface area contributed by atoms with Crippen LogP contribution in [0.3, 0.4) is 0 Å². The van der Waals surface area contributed by atoms with Crippen molar-refractivity contribution in [3.05, 3.63) is 53.8 Å². The Morgan fingerprint density at radius 2 is 2.04 bits per heavy atom. The van der Waals surface area contributed by atoms with Gasteiger partial charge in [-0.15, -0.1) is 11.3 Å². The van der Waals surface area contributed by atoms with Crippen molar-refractivity contribution < 1.29 is 5.11 Å². The van der Waals surface area contributed by atoms with Gasteiger partial charge in [0.2, 0.25) is 5.95 Å². The molecule has 0 unspecified atom stereocenters. The molecule has 0 spiro atoms. The highest BCUT2D eigenvalue weighted by Gasteiger charge is 2.09. The van der Waals surface area contributed by atoms with E-state index in [-0.39, 0.29) is 6.61 Å². The SMILES string of the molecule is Cc1nc2cc(Nc3cc(-c4cccnc4)nc(NCCCO)n3)ccc2s1. The molecule has 4 rings (SSSR count). The van der Waals surface area contributed by atoms with E-state index >= 15 is 0 Å². The van der Waals surface area contributed by atoms with Crippen molar-refractivity contribution >= 4 is 39.0 Å². The summed E-state index contributed by atoms with van der Waals surface area (Å²) in [4.78, 5) is 17.9. The van der Waals surface area contributed by atoms with Gasteiger partial charge in [-0.1, -0.05) is 0 Å². The van der Waals surface area contributed by atoms with Gasteiger partial charge in [-0.3, -0.25) is 4.98 Å². The summed E-state index contributed by atoms with van der Waals surface area (Å²) in [5.41, 5.74) is 3.55. The van der Waals surface area contributed by atoms with Crippen LogP contribution in [-0.4, -0.2) is 38.2 Å². The Balaban J connectivity index is 1.66. The number of nitrogens with zero attached hydrogens (tertiary/aromatic N) is 4. The molecule has 0 aliphatic rings. The third-order valence-corrected chi connectivity index (χ3v) is 5.02. The van der Waals surface area contributed by atoms with E-state index < -0.39 is 0 Å². The van der Waals surface area contributed by atoms with E-state index in [0.29, 0.717) is 24.7 Å². The van der Waals surface area contributed by atoms with Gasteiger partial charge >= 0.3 is 0 Å². The zero-order chi connectivity index (χ0) is 19.3. The maximum Gasteiger partial charge on any atom is 0.225 e. The molecule has 7 nitrogen and oxygen atoms in total. The normalized spacial score (nSPS) is 10.9. The van der Waals surface area contributed by atoms with Gasteiger partial charge in [-0.25, -0.2) is 9.97 Å². The molecule has 3 N–H and O–H groups in total. The number of aliphatic hydroxyl groups is 1. The Morgan fingerprint density at radius 3 is 2.86 bits per heavy atom. The fourth-order valence-electron chi connectivity index (χ4n) is 2.80. The third kappa shape index (κ3) is 4.24.